The van der Waals surface area contributed by atoms with Gasteiger partial charge < -0.3 is 4.43 Å². The van der Waals surface area contributed by atoms with Gasteiger partial charge in [0.05, 0.1) is 5.60 Å². The fourth-order valence-electron chi connectivity index (χ4n) is 1.63. The van der Waals surface area contributed by atoms with Crippen LogP contribution in [0.25, 0.3) is 0 Å². The van der Waals surface area contributed by atoms with Crippen LogP contribution in [0.5, 0.6) is 0 Å². The van der Waals surface area contributed by atoms with Crippen molar-refractivity contribution in [2.75, 3.05) is 0 Å². The predicted octanol–water partition coefficient (Wildman–Crippen LogP) is 4.67. The summed E-state index contributed by atoms with van der Waals surface area (Å²) in [4.78, 5) is 0. The Morgan fingerprint density at radius 1 is 1.13 bits per heavy atom. The van der Waals surface area contributed by atoms with E-state index in [0.29, 0.717) is 0 Å². The van der Waals surface area contributed by atoms with E-state index in [0.717, 1.165) is 19.3 Å². The van der Waals surface area contributed by atoms with E-state index in [4.69, 9.17) is 4.43 Å². The van der Waals surface area contributed by atoms with Gasteiger partial charge in [-0.25, -0.2) is 0 Å². The summed E-state index contributed by atoms with van der Waals surface area (Å²) in [6.45, 7) is 13.8. The molecule has 0 aromatic heterocycles. The Morgan fingerprint density at radius 2 is 1.60 bits per heavy atom. The second-order valence-electron chi connectivity index (χ2n) is 6.05. The Hall–Kier alpha value is 0.107. The zero-order valence-corrected chi connectivity index (χ0v) is 12.4. The van der Waals surface area contributed by atoms with Crippen LogP contribution in [-0.4, -0.2) is 14.3 Å². The first kappa shape index (κ1) is 15.1. The van der Waals surface area contributed by atoms with Gasteiger partial charge in [0, 0.05) is 0 Å². The Morgan fingerprint density at radius 3 is 1.87 bits per heavy atom. The number of unbranched alkanes of at least 4 members (excludes halogenated alkanes) is 1. The second kappa shape index (κ2) is 4.96. The molecule has 0 amide bonds. The largest absolute Gasteiger partial charge is 0.385 e. The third-order valence-corrected chi connectivity index (χ3v) is 4.00. The quantitative estimate of drug-likeness (QED) is 0.496. The van der Waals surface area contributed by atoms with Gasteiger partial charge in [0.2, 0.25) is 0 Å². The van der Waals surface area contributed by atoms with Gasteiger partial charge in [0.15, 0.2) is 0 Å². The summed E-state index contributed by atoms with van der Waals surface area (Å²) in [6.07, 6.45) is 3.16. The van der Waals surface area contributed by atoms with Crippen molar-refractivity contribution in [1.29, 1.82) is 0 Å². The molecule has 0 rings (SSSR count). The van der Waals surface area contributed by atoms with E-state index in [9.17, 15) is 4.11 Å². The molecule has 1 unspecified atom stereocenters. The van der Waals surface area contributed by atoms with Gasteiger partial charge in [-0.2, -0.15) is 0 Å². The summed E-state index contributed by atoms with van der Waals surface area (Å²) in [5.41, 5.74) is -0.355. The van der Waals surface area contributed by atoms with Crippen molar-refractivity contribution >= 4 is 8.65 Å². The lowest BCUT2D eigenvalue weighted by Gasteiger charge is -2.44. The van der Waals surface area contributed by atoms with Crippen molar-refractivity contribution in [2.45, 2.75) is 72.6 Å². The molecule has 0 saturated carbocycles. The summed E-state index contributed by atoms with van der Waals surface area (Å²) in [5.74, 6) is 0. The number of halogens is 1. The van der Waals surface area contributed by atoms with Crippen LogP contribution in [0.15, 0.2) is 0 Å². The fraction of sp³-hybridized carbons (Fsp3) is 1.00. The van der Waals surface area contributed by atoms with Crippen molar-refractivity contribution in [1.82, 2.24) is 0 Å². The molecule has 0 N–H and O–H groups in total. The average Bonchev–Trinajstić information content (AvgIpc) is 1.95. The molecule has 3 heteroatoms. The van der Waals surface area contributed by atoms with Crippen LogP contribution in [-0.2, 0) is 4.43 Å². The Bertz CT molecular complexity index is 193. The van der Waals surface area contributed by atoms with Crippen LogP contribution in [0.3, 0.4) is 0 Å². The van der Waals surface area contributed by atoms with Gasteiger partial charge in [-0.05, 0) is 31.9 Å². The lowest BCUT2D eigenvalue weighted by Crippen LogP contribution is -2.48. The Labute approximate surface area is 95.7 Å². The minimum absolute atomic E-state index is 0.0153. The van der Waals surface area contributed by atoms with Crippen LogP contribution < -0.4 is 0 Å². The highest BCUT2D eigenvalue weighted by atomic mass is 28.4. The molecule has 0 fully saturated rings. The van der Waals surface area contributed by atoms with Crippen molar-refractivity contribution in [3.8, 4) is 0 Å². The van der Waals surface area contributed by atoms with Gasteiger partial charge in [0.1, 0.15) is 0 Å². The highest BCUT2D eigenvalue weighted by molar-refractivity contribution is 6.63. The molecule has 0 bridgehead atoms. The van der Waals surface area contributed by atoms with E-state index in [-0.39, 0.29) is 11.0 Å². The first-order valence-corrected chi connectivity index (χ1v) is 8.69. The monoisotopic (exact) mass is 234 g/mol. The molecule has 92 valence electrons. The third kappa shape index (κ3) is 5.11. The summed E-state index contributed by atoms with van der Waals surface area (Å²) in [6, 6.07) is 0. The lowest BCUT2D eigenvalue weighted by atomic mass is 9.75. The molecule has 0 aliphatic heterocycles. The van der Waals surface area contributed by atoms with Crippen molar-refractivity contribution in [2.24, 2.45) is 5.41 Å². The maximum atomic E-state index is 13.8. The molecule has 15 heavy (non-hydrogen) atoms. The van der Waals surface area contributed by atoms with Crippen molar-refractivity contribution in [3.63, 3.8) is 0 Å². The molecule has 0 aliphatic carbocycles. The molecule has 0 saturated heterocycles. The molecule has 0 aliphatic rings. The van der Waals surface area contributed by atoms with E-state index < -0.39 is 8.65 Å². The number of hydrogen-bond donors (Lipinski definition) is 0. The van der Waals surface area contributed by atoms with Crippen LogP contribution in [0.1, 0.15) is 53.9 Å². The van der Waals surface area contributed by atoms with E-state index in [1.54, 1.807) is 13.1 Å². The van der Waals surface area contributed by atoms with Crippen LogP contribution in [0, 0.1) is 5.41 Å². The Kier molecular flexibility index (Phi) is 4.99. The molecule has 0 radical (unpaired) electrons. The summed E-state index contributed by atoms with van der Waals surface area (Å²) < 4.78 is 19.5. The van der Waals surface area contributed by atoms with E-state index in [1.807, 2.05) is 0 Å². The van der Waals surface area contributed by atoms with Crippen molar-refractivity contribution in [3.05, 3.63) is 0 Å². The lowest BCUT2D eigenvalue weighted by molar-refractivity contribution is -0.0410. The normalized spacial score (nSPS) is 17.6. The maximum Gasteiger partial charge on any atom is 0.377 e. The molecule has 0 heterocycles. The zero-order chi connectivity index (χ0) is 12.3. The van der Waals surface area contributed by atoms with Gasteiger partial charge in [-0.15, -0.1) is 0 Å². The fourth-order valence-corrected chi connectivity index (χ4v) is 3.11. The maximum absolute atomic E-state index is 13.8. The first-order valence-electron chi connectivity index (χ1n) is 5.91. The smallest absolute Gasteiger partial charge is 0.377 e. The SMILES string of the molecule is CCCCC(C)(O[Si](C)(C)F)C(C)(C)C. The number of rotatable bonds is 5. The van der Waals surface area contributed by atoms with Crippen molar-refractivity contribution < 1.29 is 8.53 Å². The average molecular weight is 234 g/mol. The third-order valence-electron chi connectivity index (χ3n) is 3.06. The van der Waals surface area contributed by atoms with Gasteiger partial charge in [0.25, 0.3) is 0 Å². The zero-order valence-electron chi connectivity index (χ0n) is 11.4. The van der Waals surface area contributed by atoms with Gasteiger partial charge in [-0.3, -0.25) is 4.11 Å². The summed E-state index contributed by atoms with van der Waals surface area (Å²) in [7, 11) is -2.95. The second-order valence-corrected chi connectivity index (χ2v) is 8.98. The Balaban J connectivity index is 4.71. The van der Waals surface area contributed by atoms with E-state index in [1.165, 1.54) is 0 Å². The molecule has 1 nitrogen and oxygen atoms in total. The minimum Gasteiger partial charge on any atom is -0.385 e. The predicted molar refractivity (Wildman–Crippen MR) is 67.1 cm³/mol. The first-order chi connectivity index (χ1) is 6.52. The summed E-state index contributed by atoms with van der Waals surface area (Å²) in [5, 5.41) is 0. The highest BCUT2D eigenvalue weighted by Gasteiger charge is 2.43. The van der Waals surface area contributed by atoms with Crippen LogP contribution in [0.2, 0.25) is 13.1 Å². The topological polar surface area (TPSA) is 9.23 Å². The standard InChI is InChI=1S/C12H27FOSi/c1-8-9-10-12(5,11(2,3)4)14-15(6,7)13/h8-10H2,1-7H3. The molecular weight excluding hydrogens is 207 g/mol. The van der Waals surface area contributed by atoms with E-state index >= 15 is 0 Å². The number of hydrogen-bond acceptors (Lipinski definition) is 1. The minimum atomic E-state index is -2.95. The van der Waals surface area contributed by atoms with Gasteiger partial charge in [-0.1, -0.05) is 40.5 Å². The summed E-state index contributed by atoms with van der Waals surface area (Å²) >= 11 is 0. The van der Waals surface area contributed by atoms with Gasteiger partial charge >= 0.3 is 8.65 Å². The molecular formula is C12H27FOSi. The highest BCUT2D eigenvalue weighted by Crippen LogP contribution is 2.39. The molecule has 1 atom stereocenters. The van der Waals surface area contributed by atoms with Crippen LogP contribution in [0.4, 0.5) is 4.11 Å². The van der Waals surface area contributed by atoms with E-state index in [2.05, 4.69) is 34.6 Å². The molecule has 0 spiro atoms. The van der Waals surface area contributed by atoms with Crippen LogP contribution >= 0.6 is 0 Å². The molecule has 0 aromatic carbocycles. The molecule has 0 aromatic rings.